The molecule has 69 heavy (non-hydrogen) atoms. The number of nitrogens with zero attached hydrogens (tertiary/aromatic N) is 2. The predicted molar refractivity (Wildman–Crippen MR) is 292 cm³/mol. The van der Waals surface area contributed by atoms with E-state index in [9.17, 15) is 0 Å². The van der Waals surface area contributed by atoms with Gasteiger partial charge in [-0.15, -0.1) is 0 Å². The van der Waals surface area contributed by atoms with Crippen molar-refractivity contribution in [2.24, 2.45) is 0 Å². The molecule has 2 heterocycles. The molecule has 0 amide bonds. The number of aromatic nitrogens is 1. The largest absolute Gasteiger partial charge is 0.455 e. The maximum Gasteiger partial charge on any atom is 0.143 e. The van der Waals surface area contributed by atoms with Gasteiger partial charge >= 0.3 is 0 Å². The fraction of sp³-hybridized carbons (Fsp3) is 0. The summed E-state index contributed by atoms with van der Waals surface area (Å²) in [4.78, 5) is 2.37. The van der Waals surface area contributed by atoms with Gasteiger partial charge in [0, 0.05) is 55.2 Å². The Morgan fingerprint density at radius 1 is 0.275 bits per heavy atom. The molecule has 0 spiro atoms. The summed E-state index contributed by atoms with van der Waals surface area (Å²) in [5, 5.41) is 11.9. The van der Waals surface area contributed by atoms with Crippen LogP contribution in [-0.2, 0) is 0 Å². The summed E-state index contributed by atoms with van der Waals surface area (Å²) >= 11 is 0. The second kappa shape index (κ2) is 15.7. The monoisotopic (exact) mass is 878 g/mol. The standard InChI is InChI=1S/C66H42N2O/c1-3-14-44(15-4-1)54-23-13-24-58-59-38-31-46-30-37-52(42-61(46)66(59)69-65(54)58)67(51-35-28-45(29-36-51)60-41-48-16-7-8-19-53(48)55-20-9-10-21-56(55)60)50-33-26-43(27-34-50)47-32-39-64-62(40-47)57-22-11-12-25-63(57)68(64)49-17-5-2-6-18-49/h1-42H. The van der Waals surface area contributed by atoms with E-state index in [2.05, 4.69) is 264 Å². The first-order valence-electron chi connectivity index (χ1n) is 23.7. The van der Waals surface area contributed by atoms with Crippen LogP contribution in [0.3, 0.4) is 0 Å². The van der Waals surface area contributed by atoms with Crippen molar-refractivity contribution in [3.63, 3.8) is 0 Å². The van der Waals surface area contributed by atoms with Crippen LogP contribution in [0.25, 0.3) is 115 Å². The minimum Gasteiger partial charge on any atom is -0.455 e. The zero-order valence-electron chi connectivity index (χ0n) is 37.6. The van der Waals surface area contributed by atoms with E-state index < -0.39 is 0 Å². The van der Waals surface area contributed by atoms with Gasteiger partial charge in [-0.25, -0.2) is 0 Å². The molecule has 0 saturated carbocycles. The lowest BCUT2D eigenvalue weighted by Crippen LogP contribution is -2.09. The Morgan fingerprint density at radius 3 is 1.65 bits per heavy atom. The SMILES string of the molecule is c1ccc(-c2cccc3c2oc2c4cc(N(c5ccc(-c6ccc7c(c6)c6ccccc6n7-c6ccccc6)cc5)c5ccc(-c6cc7ccccc7c7ccccc67)cc5)ccc4ccc32)cc1. The minimum absolute atomic E-state index is 0.894. The Morgan fingerprint density at radius 2 is 0.855 bits per heavy atom. The lowest BCUT2D eigenvalue weighted by molar-refractivity contribution is 0.674. The molecule has 14 aromatic rings. The van der Waals surface area contributed by atoms with Crippen molar-refractivity contribution in [3.8, 4) is 39.1 Å². The Balaban J connectivity index is 0.913. The predicted octanol–water partition coefficient (Wildman–Crippen LogP) is 18.6. The van der Waals surface area contributed by atoms with Gasteiger partial charge in [-0.1, -0.05) is 176 Å². The molecule has 0 N–H and O–H groups in total. The average Bonchev–Trinajstić information content (AvgIpc) is 3.98. The quantitative estimate of drug-likeness (QED) is 0.149. The lowest BCUT2D eigenvalue weighted by Gasteiger charge is -2.26. The first-order chi connectivity index (χ1) is 34.2. The third kappa shape index (κ3) is 6.36. The summed E-state index contributed by atoms with van der Waals surface area (Å²) in [7, 11) is 0. The summed E-state index contributed by atoms with van der Waals surface area (Å²) in [5.74, 6) is 0. The first kappa shape index (κ1) is 39.0. The molecule has 2 aromatic heterocycles. The molecule has 0 atom stereocenters. The Hall–Kier alpha value is -9.18. The van der Waals surface area contributed by atoms with E-state index in [-0.39, 0.29) is 0 Å². The number of fused-ring (bicyclic) bond motifs is 11. The number of anilines is 3. The molecule has 3 nitrogen and oxygen atoms in total. The summed E-state index contributed by atoms with van der Waals surface area (Å²) in [6, 6.07) is 92.4. The Labute approximate surface area is 399 Å². The van der Waals surface area contributed by atoms with Crippen LogP contribution in [-0.4, -0.2) is 4.57 Å². The normalized spacial score (nSPS) is 11.8. The highest BCUT2D eigenvalue weighted by atomic mass is 16.3. The van der Waals surface area contributed by atoms with Crippen LogP contribution in [0.4, 0.5) is 17.1 Å². The Kier molecular flexibility index (Phi) is 8.90. The fourth-order valence-electron chi connectivity index (χ4n) is 10.9. The number of hydrogen-bond donors (Lipinski definition) is 0. The number of para-hydroxylation sites is 3. The number of hydrogen-bond acceptors (Lipinski definition) is 2. The van der Waals surface area contributed by atoms with Gasteiger partial charge in [-0.2, -0.15) is 0 Å². The molecule has 322 valence electrons. The molecule has 0 aliphatic heterocycles. The maximum absolute atomic E-state index is 6.96. The lowest BCUT2D eigenvalue weighted by atomic mass is 9.93. The minimum atomic E-state index is 0.894. The molecule has 3 heteroatoms. The molecule has 0 bridgehead atoms. The molecule has 0 saturated heterocycles. The van der Waals surface area contributed by atoms with E-state index in [0.29, 0.717) is 0 Å². The van der Waals surface area contributed by atoms with E-state index in [1.165, 1.54) is 60.0 Å². The summed E-state index contributed by atoms with van der Waals surface area (Å²) < 4.78 is 9.33. The van der Waals surface area contributed by atoms with E-state index in [0.717, 1.165) is 72.2 Å². The molecule has 0 fully saturated rings. The van der Waals surface area contributed by atoms with Gasteiger partial charge in [0.05, 0.1) is 11.0 Å². The molecule has 0 aliphatic rings. The maximum atomic E-state index is 6.96. The van der Waals surface area contributed by atoms with E-state index in [1.807, 2.05) is 0 Å². The highest BCUT2D eigenvalue weighted by molar-refractivity contribution is 6.18. The summed E-state index contributed by atoms with van der Waals surface area (Å²) in [6.45, 7) is 0. The number of benzene rings is 12. The topological polar surface area (TPSA) is 21.3 Å². The zero-order chi connectivity index (χ0) is 45.4. The smallest absolute Gasteiger partial charge is 0.143 e. The third-order valence-electron chi connectivity index (χ3n) is 14.2. The number of rotatable bonds is 7. The fourth-order valence-corrected chi connectivity index (χ4v) is 10.9. The van der Waals surface area contributed by atoms with Crippen molar-refractivity contribution >= 4 is 93.1 Å². The number of furan rings is 1. The van der Waals surface area contributed by atoms with Gasteiger partial charge < -0.3 is 13.9 Å². The van der Waals surface area contributed by atoms with E-state index >= 15 is 0 Å². The first-order valence-corrected chi connectivity index (χ1v) is 23.7. The van der Waals surface area contributed by atoms with Crippen LogP contribution in [0.15, 0.2) is 259 Å². The average molecular weight is 879 g/mol. The van der Waals surface area contributed by atoms with Crippen molar-refractivity contribution in [1.82, 2.24) is 4.57 Å². The zero-order valence-corrected chi connectivity index (χ0v) is 37.6. The van der Waals surface area contributed by atoms with Crippen LogP contribution in [0.2, 0.25) is 0 Å². The highest BCUT2D eigenvalue weighted by Gasteiger charge is 2.20. The van der Waals surface area contributed by atoms with Crippen LogP contribution in [0, 0.1) is 0 Å². The van der Waals surface area contributed by atoms with Gasteiger partial charge in [0.15, 0.2) is 0 Å². The van der Waals surface area contributed by atoms with Crippen molar-refractivity contribution in [1.29, 1.82) is 0 Å². The van der Waals surface area contributed by atoms with Crippen molar-refractivity contribution in [2.45, 2.75) is 0 Å². The van der Waals surface area contributed by atoms with Crippen molar-refractivity contribution in [2.75, 3.05) is 4.90 Å². The molecule has 12 aromatic carbocycles. The molecule has 0 radical (unpaired) electrons. The van der Waals surface area contributed by atoms with Gasteiger partial charge in [-0.3, -0.25) is 0 Å². The van der Waals surface area contributed by atoms with Crippen LogP contribution >= 0.6 is 0 Å². The third-order valence-corrected chi connectivity index (χ3v) is 14.2. The van der Waals surface area contributed by atoms with Gasteiger partial charge in [0.2, 0.25) is 0 Å². The van der Waals surface area contributed by atoms with E-state index in [1.54, 1.807) is 0 Å². The van der Waals surface area contributed by atoms with Crippen molar-refractivity contribution in [3.05, 3.63) is 255 Å². The second-order valence-corrected chi connectivity index (χ2v) is 18.0. The van der Waals surface area contributed by atoms with Crippen molar-refractivity contribution < 1.29 is 4.42 Å². The van der Waals surface area contributed by atoms with E-state index in [4.69, 9.17) is 4.42 Å². The van der Waals surface area contributed by atoms with Crippen LogP contribution in [0.5, 0.6) is 0 Å². The van der Waals surface area contributed by atoms with Gasteiger partial charge in [0.25, 0.3) is 0 Å². The molecular formula is C66H42N2O. The molecule has 14 rings (SSSR count). The molecule has 0 aliphatic carbocycles. The van der Waals surface area contributed by atoms with Gasteiger partial charge in [-0.05, 0) is 134 Å². The van der Waals surface area contributed by atoms with Crippen LogP contribution in [0.1, 0.15) is 0 Å². The summed E-state index contributed by atoms with van der Waals surface area (Å²) in [6.07, 6.45) is 0. The second-order valence-electron chi connectivity index (χ2n) is 18.0. The molecular weight excluding hydrogens is 837 g/mol. The van der Waals surface area contributed by atoms with Crippen LogP contribution < -0.4 is 4.90 Å². The summed E-state index contributed by atoms with van der Waals surface area (Å²) in [5.41, 5.74) is 15.5. The van der Waals surface area contributed by atoms with Gasteiger partial charge in [0.1, 0.15) is 11.2 Å². The molecule has 0 unspecified atom stereocenters. The highest BCUT2D eigenvalue weighted by Crippen LogP contribution is 2.44. The Bertz CT molecular complexity index is 4280.